The Morgan fingerprint density at radius 2 is 0.593 bits per heavy atom. The van der Waals surface area contributed by atoms with Crippen LogP contribution in [0.4, 0.5) is 34.1 Å². The van der Waals surface area contributed by atoms with Crippen LogP contribution < -0.4 is 16.0 Å². The molecule has 0 bridgehead atoms. The van der Waals surface area contributed by atoms with Gasteiger partial charge in [0.15, 0.2) is 0 Å². The van der Waals surface area contributed by atoms with Crippen molar-refractivity contribution in [3.05, 3.63) is 314 Å². The number of rotatable bonds is 8. The zero-order chi connectivity index (χ0) is 57.6. The summed E-state index contributed by atoms with van der Waals surface area (Å²) < 4.78 is 12.1. The maximum absolute atomic E-state index is 6.08. The highest BCUT2D eigenvalue weighted by Gasteiger charge is 2.35. The van der Waals surface area contributed by atoms with Gasteiger partial charge in [-0.2, -0.15) is 0 Å². The van der Waals surface area contributed by atoms with Gasteiger partial charge in [0.25, 0.3) is 0 Å². The number of hydrogen-bond acceptors (Lipinski definition) is 5. The Kier molecular flexibility index (Phi) is 13.2. The minimum absolute atomic E-state index is 0.0559. The molecule has 1 aliphatic rings. The van der Waals surface area contributed by atoms with E-state index in [2.05, 4.69) is 279 Å². The van der Waals surface area contributed by atoms with Crippen LogP contribution in [-0.4, -0.2) is 0 Å². The van der Waals surface area contributed by atoms with E-state index in [0.29, 0.717) is 0 Å². The monoisotopic (exact) mass is 1110 g/mol. The summed E-state index contributed by atoms with van der Waals surface area (Å²) in [5, 5.41) is 22.9. The first kappa shape index (κ1) is 51.7. The number of nitrogens with one attached hydrogen (secondary N) is 3. The van der Waals surface area contributed by atoms with Gasteiger partial charge in [-0.05, 0) is 168 Å². The topological polar surface area (TPSA) is 62.4 Å². The van der Waals surface area contributed by atoms with Gasteiger partial charge in [-0.15, -0.1) is 0 Å². The van der Waals surface area contributed by atoms with E-state index in [4.69, 9.17) is 8.83 Å². The highest BCUT2D eigenvalue weighted by atomic mass is 16.3. The molecule has 0 fully saturated rings. The summed E-state index contributed by atoms with van der Waals surface area (Å²) in [4.78, 5) is 0. The van der Waals surface area contributed by atoms with Gasteiger partial charge in [0, 0.05) is 73.2 Å². The van der Waals surface area contributed by atoms with E-state index in [0.717, 1.165) is 78.0 Å². The molecule has 0 aliphatic heterocycles. The molecule has 0 amide bonds. The Morgan fingerprint density at radius 3 is 1.15 bits per heavy atom. The summed E-state index contributed by atoms with van der Waals surface area (Å²) in [6, 6.07) is 106. The smallest absolute Gasteiger partial charge is 0.137 e. The average Bonchev–Trinajstić information content (AvgIpc) is 2.58. The summed E-state index contributed by atoms with van der Waals surface area (Å²) in [5.74, 6) is 0. The summed E-state index contributed by atoms with van der Waals surface area (Å²) in [6.07, 6.45) is 0. The molecule has 0 saturated carbocycles. The van der Waals surface area contributed by atoms with Crippen molar-refractivity contribution in [2.45, 2.75) is 19.3 Å². The largest absolute Gasteiger partial charge is 0.456 e. The number of anilines is 6. The Labute approximate surface area is 499 Å². The van der Waals surface area contributed by atoms with E-state index in [-0.39, 0.29) is 5.41 Å². The summed E-state index contributed by atoms with van der Waals surface area (Å²) in [7, 11) is 0. The van der Waals surface area contributed by atoms with Crippen LogP contribution in [0.5, 0.6) is 0 Å². The van der Waals surface area contributed by atoms with Crippen molar-refractivity contribution in [1.29, 1.82) is 0 Å². The lowest BCUT2D eigenvalue weighted by molar-refractivity contribution is 0.660. The first-order valence-corrected chi connectivity index (χ1v) is 29.4. The minimum atomic E-state index is 0.0559. The molecular weight excluding hydrogens is 1050 g/mol. The van der Waals surface area contributed by atoms with E-state index in [1.54, 1.807) is 0 Å². The summed E-state index contributed by atoms with van der Waals surface area (Å²) >= 11 is 0. The van der Waals surface area contributed by atoms with Crippen molar-refractivity contribution in [3.8, 4) is 33.4 Å². The van der Waals surface area contributed by atoms with Gasteiger partial charge in [-0.3, -0.25) is 0 Å². The van der Waals surface area contributed by atoms with Gasteiger partial charge >= 0.3 is 0 Å². The lowest BCUT2D eigenvalue weighted by atomic mass is 9.82. The van der Waals surface area contributed by atoms with Crippen LogP contribution in [-0.2, 0) is 5.41 Å². The molecule has 2 heterocycles. The van der Waals surface area contributed by atoms with E-state index in [9.17, 15) is 0 Å². The lowest BCUT2D eigenvalue weighted by Gasteiger charge is -2.22. The first-order valence-electron chi connectivity index (χ1n) is 29.4. The summed E-state index contributed by atoms with van der Waals surface area (Å²) in [5.41, 5.74) is 20.4. The normalized spacial score (nSPS) is 12.2. The number of fused-ring (bicyclic) bond motifs is 15. The number of furan rings is 2. The second-order valence-corrected chi connectivity index (χ2v) is 22.7. The van der Waals surface area contributed by atoms with Crippen LogP contribution >= 0.6 is 0 Å². The van der Waals surface area contributed by atoms with Gasteiger partial charge in [0.2, 0.25) is 0 Å². The van der Waals surface area contributed by atoms with Crippen LogP contribution in [0.25, 0.3) is 110 Å². The minimum Gasteiger partial charge on any atom is -0.456 e. The van der Waals surface area contributed by atoms with Gasteiger partial charge in [-0.25, -0.2) is 0 Å². The molecule has 14 aromatic carbocycles. The second kappa shape index (κ2) is 21.9. The standard InChI is InChI=1S/C30H19NO.C30H21NO.C21H19N/c1-2-9-23-21(7-1)22-8-3-4-10-24(22)28-17-19(13-15-25(23)28)31-20-14-16-27-26-11-5-6-12-29(26)32-30(27)18-20;1-3-9-21(10-4-1)23-17-24(22-11-5-2-6-12-22)19-26(18-23)31-25-15-16-28-27-13-7-8-14-29(27)32-30(28)20-25;1-21(2)19-11-7-6-10-17(19)18-13-12-16(14-20(18)21)22-15-8-4-3-5-9-15/h1-18,31H;1-20,31H;3-14,22H,1-2H3. The third kappa shape index (κ3) is 9.81. The molecule has 5 nitrogen and oxygen atoms in total. The van der Waals surface area contributed by atoms with Crippen molar-refractivity contribution in [2.75, 3.05) is 16.0 Å². The zero-order valence-corrected chi connectivity index (χ0v) is 47.7. The molecular formula is C81H59N3O2. The van der Waals surface area contributed by atoms with Crippen LogP contribution in [0.1, 0.15) is 25.0 Å². The Morgan fingerprint density at radius 1 is 0.221 bits per heavy atom. The van der Waals surface area contributed by atoms with Crippen molar-refractivity contribution in [1.82, 2.24) is 0 Å². The Balaban J connectivity index is 0.000000111. The molecule has 0 radical (unpaired) electrons. The van der Waals surface area contributed by atoms with Crippen LogP contribution in [0.3, 0.4) is 0 Å². The zero-order valence-electron chi connectivity index (χ0n) is 47.7. The summed E-state index contributed by atoms with van der Waals surface area (Å²) in [6.45, 7) is 4.62. The molecule has 0 saturated heterocycles. The van der Waals surface area contributed by atoms with E-state index in [1.165, 1.54) is 76.8 Å². The quantitative estimate of drug-likeness (QED) is 0.132. The number of para-hydroxylation sites is 3. The van der Waals surface area contributed by atoms with Crippen LogP contribution in [0, 0.1) is 0 Å². The van der Waals surface area contributed by atoms with Crippen LogP contribution in [0.2, 0.25) is 0 Å². The number of benzene rings is 14. The van der Waals surface area contributed by atoms with Gasteiger partial charge in [-0.1, -0.05) is 214 Å². The molecule has 17 rings (SSSR count). The maximum atomic E-state index is 6.08. The second-order valence-electron chi connectivity index (χ2n) is 22.7. The molecule has 16 aromatic rings. The molecule has 0 atom stereocenters. The fourth-order valence-electron chi connectivity index (χ4n) is 12.7. The SMILES string of the molecule is CC1(C)c2ccccc2-c2ccc(Nc3ccccc3)cc21.c1ccc(-c2cc(Nc3ccc4c(c3)oc3ccccc34)cc(-c3ccccc3)c2)cc1.c1ccc2c(c1)oc1cc(Nc3ccc4c5ccccc5c5ccccc5c4c3)ccc12. The Bertz CT molecular complexity index is 5090. The molecule has 0 unspecified atom stereocenters. The molecule has 1 aliphatic carbocycles. The van der Waals surface area contributed by atoms with Gasteiger partial charge in [0.05, 0.1) is 0 Å². The maximum Gasteiger partial charge on any atom is 0.137 e. The van der Waals surface area contributed by atoms with Crippen molar-refractivity contribution >= 4 is 110 Å². The molecule has 86 heavy (non-hydrogen) atoms. The highest BCUT2D eigenvalue weighted by molar-refractivity contribution is 6.25. The Hall–Kier alpha value is -11.1. The highest BCUT2D eigenvalue weighted by Crippen LogP contribution is 2.49. The molecule has 2 aromatic heterocycles. The van der Waals surface area contributed by atoms with E-state index < -0.39 is 0 Å². The van der Waals surface area contributed by atoms with Gasteiger partial charge in [0.1, 0.15) is 22.3 Å². The lowest BCUT2D eigenvalue weighted by Crippen LogP contribution is -2.15. The first-order chi connectivity index (χ1) is 42.3. The number of hydrogen-bond donors (Lipinski definition) is 3. The molecule has 410 valence electrons. The van der Waals surface area contributed by atoms with Gasteiger partial charge < -0.3 is 24.8 Å². The van der Waals surface area contributed by atoms with Crippen molar-refractivity contribution < 1.29 is 8.83 Å². The third-order valence-corrected chi connectivity index (χ3v) is 16.9. The third-order valence-electron chi connectivity index (χ3n) is 16.9. The predicted octanol–water partition coefficient (Wildman–Crippen LogP) is 23.2. The predicted molar refractivity (Wildman–Crippen MR) is 364 cm³/mol. The average molecular weight is 1110 g/mol. The fraction of sp³-hybridized carbons (Fsp3) is 0.0370. The van der Waals surface area contributed by atoms with Crippen molar-refractivity contribution in [2.24, 2.45) is 0 Å². The molecule has 3 N–H and O–H groups in total. The van der Waals surface area contributed by atoms with Crippen molar-refractivity contribution in [3.63, 3.8) is 0 Å². The van der Waals surface area contributed by atoms with Crippen LogP contribution in [0.15, 0.2) is 312 Å². The molecule has 5 heteroatoms. The fourth-order valence-corrected chi connectivity index (χ4v) is 12.7. The molecule has 0 spiro atoms. The van der Waals surface area contributed by atoms with E-state index in [1.807, 2.05) is 54.6 Å². The van der Waals surface area contributed by atoms with E-state index >= 15 is 0 Å².